The molecule has 1 saturated heterocycles. The van der Waals surface area contributed by atoms with Crippen LogP contribution in [0.4, 0.5) is 0 Å². The Bertz CT molecular complexity index is 567. The van der Waals surface area contributed by atoms with Gasteiger partial charge in [-0.15, -0.1) is 0 Å². The van der Waals surface area contributed by atoms with Crippen molar-refractivity contribution in [1.82, 2.24) is 14.9 Å². The van der Waals surface area contributed by atoms with Crippen molar-refractivity contribution >= 4 is 11.6 Å². The summed E-state index contributed by atoms with van der Waals surface area (Å²) in [6, 6.07) is 7.56. The highest BCUT2D eigenvalue weighted by molar-refractivity contribution is 6.30. The molecule has 0 spiro atoms. The van der Waals surface area contributed by atoms with Gasteiger partial charge >= 0.3 is 0 Å². The van der Waals surface area contributed by atoms with Crippen LogP contribution in [-0.4, -0.2) is 34.1 Å². The van der Waals surface area contributed by atoms with E-state index >= 15 is 0 Å². The van der Waals surface area contributed by atoms with Crippen LogP contribution in [0.1, 0.15) is 17.9 Å². The number of ether oxygens (including phenoxy) is 1. The second kappa shape index (κ2) is 5.85. The molecular weight excluding hydrogens is 274 g/mol. The average Bonchev–Trinajstić information content (AvgIpc) is 3.02. The number of rotatable bonds is 4. The van der Waals surface area contributed by atoms with E-state index in [4.69, 9.17) is 16.3 Å². The van der Waals surface area contributed by atoms with Gasteiger partial charge in [-0.2, -0.15) is 0 Å². The summed E-state index contributed by atoms with van der Waals surface area (Å²) in [4.78, 5) is 9.88. The molecule has 0 radical (unpaired) electrons. The maximum atomic E-state index is 5.98. The molecule has 4 nitrogen and oxygen atoms in total. The fourth-order valence-corrected chi connectivity index (χ4v) is 2.66. The molecule has 0 aliphatic carbocycles. The highest BCUT2D eigenvalue weighted by atomic mass is 35.5. The predicted molar refractivity (Wildman–Crippen MR) is 79.1 cm³/mol. The molecule has 106 valence electrons. The predicted octanol–water partition coefficient (Wildman–Crippen LogP) is 3.02. The number of aromatic amines is 1. The topological polar surface area (TPSA) is 41.2 Å². The van der Waals surface area contributed by atoms with Gasteiger partial charge in [0.25, 0.3) is 0 Å². The van der Waals surface area contributed by atoms with Crippen LogP contribution in [0.2, 0.25) is 5.02 Å². The molecule has 0 saturated carbocycles. The Kier molecular flexibility index (Phi) is 3.94. The van der Waals surface area contributed by atoms with Crippen LogP contribution in [0.15, 0.2) is 30.5 Å². The third kappa shape index (κ3) is 3.32. The Morgan fingerprint density at radius 3 is 2.90 bits per heavy atom. The molecule has 3 rings (SSSR count). The number of aromatic nitrogens is 2. The van der Waals surface area contributed by atoms with Crippen LogP contribution in [0.25, 0.3) is 0 Å². The molecule has 1 atom stereocenters. The highest BCUT2D eigenvalue weighted by Gasteiger charge is 2.24. The van der Waals surface area contributed by atoms with Crippen molar-refractivity contribution in [3.63, 3.8) is 0 Å². The van der Waals surface area contributed by atoms with E-state index in [2.05, 4.69) is 14.9 Å². The average molecular weight is 292 g/mol. The second-order valence-corrected chi connectivity index (χ2v) is 5.65. The number of imidazole rings is 1. The Morgan fingerprint density at radius 1 is 1.40 bits per heavy atom. The van der Waals surface area contributed by atoms with Crippen LogP contribution in [0.5, 0.6) is 5.75 Å². The van der Waals surface area contributed by atoms with Crippen LogP contribution >= 0.6 is 11.6 Å². The van der Waals surface area contributed by atoms with E-state index in [1.165, 1.54) is 0 Å². The summed E-state index contributed by atoms with van der Waals surface area (Å²) < 4.78 is 5.98. The minimum atomic E-state index is 0.250. The van der Waals surface area contributed by atoms with E-state index in [-0.39, 0.29) is 6.10 Å². The molecule has 1 aliphatic heterocycles. The van der Waals surface area contributed by atoms with E-state index < -0.39 is 0 Å². The Morgan fingerprint density at radius 2 is 2.20 bits per heavy atom. The molecule has 20 heavy (non-hydrogen) atoms. The molecular formula is C15H18ClN3O. The largest absolute Gasteiger partial charge is 0.489 e. The van der Waals surface area contributed by atoms with Gasteiger partial charge in [0, 0.05) is 36.5 Å². The second-order valence-electron chi connectivity index (χ2n) is 5.21. The quantitative estimate of drug-likeness (QED) is 0.941. The zero-order chi connectivity index (χ0) is 13.9. The van der Waals surface area contributed by atoms with Gasteiger partial charge in [-0.05, 0) is 37.6 Å². The monoisotopic (exact) mass is 291 g/mol. The van der Waals surface area contributed by atoms with Gasteiger partial charge < -0.3 is 9.72 Å². The smallest absolute Gasteiger partial charge is 0.119 e. The van der Waals surface area contributed by atoms with Crippen molar-refractivity contribution in [2.45, 2.75) is 26.0 Å². The maximum absolute atomic E-state index is 5.98. The molecule has 1 aromatic carbocycles. The standard InChI is InChI=1S/C15H18ClN3O/c1-11-17-8-13(18-11)9-19-7-6-15(10-19)20-14-4-2-12(16)3-5-14/h2-5,8,15H,6-7,9-10H2,1H3,(H,17,18). The van der Waals surface area contributed by atoms with Crippen molar-refractivity contribution in [3.05, 3.63) is 47.0 Å². The molecule has 1 unspecified atom stereocenters. The number of halogens is 1. The molecule has 1 aliphatic rings. The van der Waals surface area contributed by atoms with E-state index in [1.54, 1.807) is 0 Å². The molecule has 5 heteroatoms. The molecule has 1 aromatic heterocycles. The summed E-state index contributed by atoms with van der Waals surface area (Å²) >= 11 is 5.87. The first-order valence-corrected chi connectivity index (χ1v) is 7.22. The first-order chi connectivity index (χ1) is 9.69. The number of likely N-dealkylation sites (tertiary alicyclic amines) is 1. The summed E-state index contributed by atoms with van der Waals surface area (Å²) in [5.41, 5.74) is 1.16. The van der Waals surface area contributed by atoms with Crippen molar-refractivity contribution in [1.29, 1.82) is 0 Å². The van der Waals surface area contributed by atoms with E-state index in [1.807, 2.05) is 37.4 Å². The van der Waals surface area contributed by atoms with E-state index in [0.29, 0.717) is 0 Å². The lowest BCUT2D eigenvalue weighted by atomic mass is 10.3. The number of hydrogen-bond acceptors (Lipinski definition) is 3. The summed E-state index contributed by atoms with van der Waals surface area (Å²) in [5.74, 6) is 1.85. The fraction of sp³-hybridized carbons (Fsp3) is 0.400. The Labute approximate surface area is 123 Å². The third-order valence-corrected chi connectivity index (χ3v) is 3.75. The summed E-state index contributed by atoms with van der Waals surface area (Å²) in [7, 11) is 0. The molecule has 2 heterocycles. The van der Waals surface area contributed by atoms with Crippen molar-refractivity contribution in [3.8, 4) is 5.75 Å². The van der Waals surface area contributed by atoms with Crippen LogP contribution in [0.3, 0.4) is 0 Å². The molecule has 1 fully saturated rings. The number of aryl methyl sites for hydroxylation is 1. The van der Waals surface area contributed by atoms with Crippen LogP contribution in [-0.2, 0) is 6.54 Å². The highest BCUT2D eigenvalue weighted by Crippen LogP contribution is 2.21. The molecule has 0 bridgehead atoms. The number of benzene rings is 1. The minimum Gasteiger partial charge on any atom is -0.489 e. The Hall–Kier alpha value is -1.52. The van der Waals surface area contributed by atoms with E-state index in [9.17, 15) is 0 Å². The van der Waals surface area contributed by atoms with Gasteiger partial charge in [0.05, 0.1) is 0 Å². The summed E-state index contributed by atoms with van der Waals surface area (Å²) in [6.07, 6.45) is 3.21. The Balaban J connectivity index is 1.53. The van der Waals surface area contributed by atoms with Gasteiger partial charge in [0.1, 0.15) is 17.7 Å². The normalized spacial score (nSPS) is 19.4. The first-order valence-electron chi connectivity index (χ1n) is 6.84. The van der Waals surface area contributed by atoms with Crippen molar-refractivity contribution < 1.29 is 4.74 Å². The number of nitrogens with one attached hydrogen (secondary N) is 1. The zero-order valence-corrected chi connectivity index (χ0v) is 12.2. The summed E-state index contributed by atoms with van der Waals surface area (Å²) in [5, 5.41) is 0.736. The lowest BCUT2D eigenvalue weighted by molar-refractivity contribution is 0.198. The summed E-state index contributed by atoms with van der Waals surface area (Å²) in [6.45, 7) is 4.87. The van der Waals surface area contributed by atoms with Gasteiger partial charge in [0.15, 0.2) is 0 Å². The maximum Gasteiger partial charge on any atom is 0.119 e. The van der Waals surface area contributed by atoms with Gasteiger partial charge in [-0.3, -0.25) is 4.90 Å². The van der Waals surface area contributed by atoms with Crippen molar-refractivity contribution in [2.75, 3.05) is 13.1 Å². The van der Waals surface area contributed by atoms with Crippen molar-refractivity contribution in [2.24, 2.45) is 0 Å². The van der Waals surface area contributed by atoms with Crippen LogP contribution < -0.4 is 4.74 Å². The molecule has 0 amide bonds. The fourth-order valence-electron chi connectivity index (χ4n) is 2.54. The SMILES string of the molecule is Cc1ncc(CN2CCC(Oc3ccc(Cl)cc3)C2)[nH]1. The van der Waals surface area contributed by atoms with Gasteiger partial charge in [0.2, 0.25) is 0 Å². The minimum absolute atomic E-state index is 0.250. The number of nitrogens with zero attached hydrogens (tertiary/aromatic N) is 2. The zero-order valence-electron chi connectivity index (χ0n) is 11.5. The lowest BCUT2D eigenvalue weighted by Gasteiger charge is -2.16. The van der Waals surface area contributed by atoms with Crippen LogP contribution in [0, 0.1) is 6.92 Å². The first kappa shape index (κ1) is 13.5. The van der Waals surface area contributed by atoms with Gasteiger partial charge in [-0.25, -0.2) is 4.98 Å². The lowest BCUT2D eigenvalue weighted by Crippen LogP contribution is -2.24. The third-order valence-electron chi connectivity index (χ3n) is 3.49. The molecule has 1 N–H and O–H groups in total. The number of hydrogen-bond donors (Lipinski definition) is 1. The van der Waals surface area contributed by atoms with E-state index in [0.717, 1.165) is 48.3 Å². The molecule has 2 aromatic rings. The number of H-pyrrole nitrogens is 1. The van der Waals surface area contributed by atoms with Gasteiger partial charge in [-0.1, -0.05) is 11.6 Å².